The molecule has 2 aliphatic rings. The van der Waals surface area contributed by atoms with E-state index in [0.29, 0.717) is 36.5 Å². The predicted octanol–water partition coefficient (Wildman–Crippen LogP) is 5.20. The minimum absolute atomic E-state index is 0.391. The number of allylic oxidation sites excluding steroid dienone is 2. The SMILES string of the molecule is CCCCOc1c(OCCCC)c(OC)c2c(c1OC)C1C=CC2C1. The maximum absolute atomic E-state index is 6.15. The molecule has 2 unspecified atom stereocenters. The van der Waals surface area contributed by atoms with Crippen molar-refractivity contribution in [3.05, 3.63) is 23.3 Å². The monoisotopic (exact) mass is 346 g/mol. The van der Waals surface area contributed by atoms with E-state index in [2.05, 4.69) is 26.0 Å². The van der Waals surface area contributed by atoms with E-state index in [1.165, 1.54) is 11.1 Å². The number of benzene rings is 1. The van der Waals surface area contributed by atoms with Gasteiger partial charge in [-0.25, -0.2) is 0 Å². The molecule has 1 aromatic rings. The van der Waals surface area contributed by atoms with Gasteiger partial charge in [-0.2, -0.15) is 0 Å². The molecule has 4 nitrogen and oxygen atoms in total. The van der Waals surface area contributed by atoms with E-state index in [4.69, 9.17) is 18.9 Å². The molecule has 0 amide bonds. The van der Waals surface area contributed by atoms with Gasteiger partial charge < -0.3 is 18.9 Å². The Morgan fingerprint density at radius 2 is 1.20 bits per heavy atom. The first-order chi connectivity index (χ1) is 12.3. The topological polar surface area (TPSA) is 36.9 Å². The van der Waals surface area contributed by atoms with Gasteiger partial charge in [0.25, 0.3) is 0 Å². The summed E-state index contributed by atoms with van der Waals surface area (Å²) < 4.78 is 24.0. The van der Waals surface area contributed by atoms with Crippen molar-refractivity contribution in [1.82, 2.24) is 0 Å². The third kappa shape index (κ3) is 3.19. The summed E-state index contributed by atoms with van der Waals surface area (Å²) in [6.07, 6.45) is 9.83. The number of ether oxygens (including phenoxy) is 4. The van der Waals surface area contributed by atoms with Crippen LogP contribution in [0, 0.1) is 0 Å². The van der Waals surface area contributed by atoms with E-state index in [-0.39, 0.29) is 0 Å². The molecule has 0 saturated heterocycles. The summed E-state index contributed by atoms with van der Waals surface area (Å²) in [5.74, 6) is 3.86. The number of hydrogen-bond donors (Lipinski definition) is 0. The lowest BCUT2D eigenvalue weighted by Gasteiger charge is -2.25. The van der Waals surface area contributed by atoms with E-state index < -0.39 is 0 Å². The zero-order chi connectivity index (χ0) is 17.8. The minimum Gasteiger partial charge on any atom is -0.492 e. The first-order valence-corrected chi connectivity index (χ1v) is 9.52. The fraction of sp³-hybridized carbons (Fsp3) is 0.619. The van der Waals surface area contributed by atoms with E-state index in [0.717, 1.165) is 43.6 Å². The second kappa shape index (κ2) is 8.03. The normalized spacial score (nSPS) is 19.8. The van der Waals surface area contributed by atoms with Gasteiger partial charge >= 0.3 is 0 Å². The number of unbranched alkanes of at least 4 members (excludes halogenated alkanes) is 2. The second-order valence-corrected chi connectivity index (χ2v) is 6.79. The summed E-state index contributed by atoms with van der Waals surface area (Å²) in [6.45, 7) is 5.63. The van der Waals surface area contributed by atoms with Gasteiger partial charge in [-0.1, -0.05) is 38.8 Å². The van der Waals surface area contributed by atoms with Crippen molar-refractivity contribution in [3.8, 4) is 23.0 Å². The highest BCUT2D eigenvalue weighted by Crippen LogP contribution is 2.61. The Morgan fingerprint density at radius 1 is 0.760 bits per heavy atom. The lowest BCUT2D eigenvalue weighted by molar-refractivity contribution is 0.238. The van der Waals surface area contributed by atoms with Crippen LogP contribution in [-0.2, 0) is 0 Å². The van der Waals surface area contributed by atoms with Crippen molar-refractivity contribution in [1.29, 1.82) is 0 Å². The van der Waals surface area contributed by atoms with E-state index in [9.17, 15) is 0 Å². The van der Waals surface area contributed by atoms with Crippen LogP contribution < -0.4 is 18.9 Å². The molecule has 4 heteroatoms. The van der Waals surface area contributed by atoms with Gasteiger partial charge in [-0.05, 0) is 19.3 Å². The molecule has 0 radical (unpaired) electrons. The lowest BCUT2D eigenvalue weighted by atomic mass is 9.93. The van der Waals surface area contributed by atoms with Gasteiger partial charge in [-0.15, -0.1) is 0 Å². The molecule has 25 heavy (non-hydrogen) atoms. The van der Waals surface area contributed by atoms with Crippen LogP contribution in [0.3, 0.4) is 0 Å². The molecule has 2 aliphatic carbocycles. The summed E-state index contributed by atoms with van der Waals surface area (Å²) in [4.78, 5) is 0. The van der Waals surface area contributed by atoms with Crippen LogP contribution in [0.15, 0.2) is 12.2 Å². The van der Waals surface area contributed by atoms with Crippen molar-refractivity contribution < 1.29 is 18.9 Å². The maximum Gasteiger partial charge on any atom is 0.207 e. The van der Waals surface area contributed by atoms with Crippen molar-refractivity contribution in [2.24, 2.45) is 0 Å². The fourth-order valence-corrected chi connectivity index (χ4v) is 3.86. The third-order valence-electron chi connectivity index (χ3n) is 5.12. The average molecular weight is 346 g/mol. The number of methoxy groups -OCH3 is 2. The highest BCUT2D eigenvalue weighted by atomic mass is 16.6. The average Bonchev–Trinajstić information content (AvgIpc) is 3.24. The number of rotatable bonds is 10. The maximum atomic E-state index is 6.15. The van der Waals surface area contributed by atoms with Crippen LogP contribution in [-0.4, -0.2) is 27.4 Å². The Hall–Kier alpha value is -1.84. The Kier molecular flexibility index (Phi) is 5.77. The minimum atomic E-state index is 0.391. The molecular formula is C21H30O4. The van der Waals surface area contributed by atoms with Crippen molar-refractivity contribution in [2.45, 2.75) is 57.8 Å². The Morgan fingerprint density at radius 3 is 1.56 bits per heavy atom. The molecule has 1 aromatic carbocycles. The molecule has 2 atom stereocenters. The second-order valence-electron chi connectivity index (χ2n) is 6.79. The van der Waals surface area contributed by atoms with Crippen LogP contribution in [0.4, 0.5) is 0 Å². The highest BCUT2D eigenvalue weighted by molar-refractivity contribution is 5.72. The highest BCUT2D eigenvalue weighted by Gasteiger charge is 2.42. The molecule has 0 fully saturated rings. The zero-order valence-electron chi connectivity index (χ0n) is 15.9. The van der Waals surface area contributed by atoms with Crippen LogP contribution in [0.1, 0.15) is 68.9 Å². The van der Waals surface area contributed by atoms with Crippen LogP contribution >= 0.6 is 0 Å². The summed E-state index contributed by atoms with van der Waals surface area (Å²) in [5, 5.41) is 0. The van der Waals surface area contributed by atoms with Gasteiger partial charge in [0, 0.05) is 23.0 Å². The molecule has 3 rings (SSSR count). The van der Waals surface area contributed by atoms with Gasteiger partial charge in [0.2, 0.25) is 11.5 Å². The smallest absolute Gasteiger partial charge is 0.207 e. The first-order valence-electron chi connectivity index (χ1n) is 9.52. The van der Waals surface area contributed by atoms with Crippen LogP contribution in [0.25, 0.3) is 0 Å². The predicted molar refractivity (Wildman–Crippen MR) is 99.6 cm³/mol. The van der Waals surface area contributed by atoms with E-state index in [1.807, 2.05) is 0 Å². The summed E-state index contributed by atoms with van der Waals surface area (Å²) in [5.41, 5.74) is 2.45. The van der Waals surface area contributed by atoms with Gasteiger partial charge in [0.05, 0.1) is 27.4 Å². The van der Waals surface area contributed by atoms with Crippen molar-refractivity contribution in [3.63, 3.8) is 0 Å². The van der Waals surface area contributed by atoms with Crippen LogP contribution in [0.2, 0.25) is 0 Å². The molecule has 0 spiro atoms. The zero-order valence-corrected chi connectivity index (χ0v) is 15.9. The molecule has 138 valence electrons. The largest absolute Gasteiger partial charge is 0.492 e. The summed E-state index contributed by atoms with van der Waals surface area (Å²) in [7, 11) is 3.45. The first kappa shape index (κ1) is 18.0. The third-order valence-corrected chi connectivity index (χ3v) is 5.12. The molecule has 0 saturated carbocycles. The van der Waals surface area contributed by atoms with Crippen molar-refractivity contribution in [2.75, 3.05) is 27.4 Å². The molecular weight excluding hydrogens is 316 g/mol. The van der Waals surface area contributed by atoms with Crippen LogP contribution in [0.5, 0.6) is 23.0 Å². The Labute approximate surface area is 151 Å². The lowest BCUT2D eigenvalue weighted by Crippen LogP contribution is -2.10. The van der Waals surface area contributed by atoms with E-state index in [1.54, 1.807) is 14.2 Å². The van der Waals surface area contributed by atoms with Crippen molar-refractivity contribution >= 4 is 0 Å². The molecule has 0 aliphatic heterocycles. The van der Waals surface area contributed by atoms with Gasteiger partial charge in [0.15, 0.2) is 11.5 Å². The van der Waals surface area contributed by atoms with Gasteiger partial charge in [-0.3, -0.25) is 0 Å². The Bertz CT molecular complexity index is 583. The standard InChI is InChI=1S/C21H30O4/c1-5-7-11-24-20-18(22-3)16-14-9-10-15(13-14)17(16)19(23-4)21(20)25-12-8-6-2/h9-10,14-15H,5-8,11-13H2,1-4H3. The molecule has 2 bridgehead atoms. The quantitative estimate of drug-likeness (QED) is 0.431. The summed E-state index contributed by atoms with van der Waals surface area (Å²) >= 11 is 0. The van der Waals surface area contributed by atoms with Gasteiger partial charge in [0.1, 0.15) is 0 Å². The fourth-order valence-electron chi connectivity index (χ4n) is 3.86. The van der Waals surface area contributed by atoms with E-state index >= 15 is 0 Å². The number of fused-ring (bicyclic) bond motifs is 5. The summed E-state index contributed by atoms with van der Waals surface area (Å²) in [6, 6.07) is 0. The molecule has 0 aromatic heterocycles. The Balaban J connectivity index is 2.08. The number of hydrogen-bond acceptors (Lipinski definition) is 4. The molecule has 0 heterocycles. The molecule has 0 N–H and O–H groups in total.